The van der Waals surface area contributed by atoms with Crippen LogP contribution in [-0.2, 0) is 28.9 Å². The monoisotopic (exact) mass is 198 g/mol. The summed E-state index contributed by atoms with van der Waals surface area (Å²) in [5.41, 5.74) is 0. The minimum atomic E-state index is -3.48. The summed E-state index contributed by atoms with van der Waals surface area (Å²) in [5.74, 6) is -0.679. The van der Waals surface area contributed by atoms with Crippen LogP contribution in [-0.4, -0.2) is 34.4 Å². The lowest BCUT2D eigenvalue weighted by atomic mass is 10.5. The topological polar surface area (TPSA) is 78.9 Å². The molecule has 7 heteroatoms. The van der Waals surface area contributed by atoms with E-state index in [1.165, 1.54) is 7.11 Å². The van der Waals surface area contributed by atoms with Crippen LogP contribution in [0.5, 0.6) is 0 Å². The van der Waals surface area contributed by atoms with E-state index in [1.807, 2.05) is 0 Å². The molecule has 0 saturated carbocycles. The minimum absolute atomic E-state index is 0.166. The van der Waals surface area contributed by atoms with Gasteiger partial charge in [0.15, 0.2) is 0 Å². The first-order valence-electron chi connectivity index (χ1n) is 3.03. The number of hydrogen-bond acceptors (Lipinski definition) is 6. The quantitative estimate of drug-likeness (QED) is 0.335. The van der Waals surface area contributed by atoms with Crippen LogP contribution in [0.25, 0.3) is 0 Å². The number of carbonyl (C=O) groups is 1. The van der Waals surface area contributed by atoms with E-state index < -0.39 is 16.1 Å². The van der Waals surface area contributed by atoms with Gasteiger partial charge in [0.25, 0.3) is 10.1 Å². The fourth-order valence-corrected chi connectivity index (χ4v) is 0.797. The highest BCUT2D eigenvalue weighted by atomic mass is 32.2. The van der Waals surface area contributed by atoms with Gasteiger partial charge in [0.1, 0.15) is 0 Å². The Labute approximate surface area is 70.5 Å². The Kier molecular flexibility index (Phi) is 4.79. The average molecular weight is 198 g/mol. The third-order valence-electron chi connectivity index (χ3n) is 0.780. The SMILES string of the molecule is COOC(=O)CCOS(C)(=O)=O. The fraction of sp³-hybridized carbons (Fsp3) is 0.800. The maximum atomic E-state index is 10.5. The molecule has 72 valence electrons. The Morgan fingerprint density at radius 1 is 1.42 bits per heavy atom. The Bertz CT molecular complexity index is 230. The van der Waals surface area contributed by atoms with E-state index in [0.29, 0.717) is 0 Å². The molecule has 12 heavy (non-hydrogen) atoms. The molecular formula is C5H10O6S. The largest absolute Gasteiger partial charge is 0.344 e. The molecule has 6 nitrogen and oxygen atoms in total. The Balaban J connectivity index is 3.51. The summed E-state index contributed by atoms with van der Waals surface area (Å²) in [5, 5.41) is 0. The fourth-order valence-electron chi connectivity index (χ4n) is 0.411. The molecule has 0 spiro atoms. The summed E-state index contributed by atoms with van der Waals surface area (Å²) in [6.07, 6.45) is 0.732. The molecular weight excluding hydrogens is 188 g/mol. The van der Waals surface area contributed by atoms with Gasteiger partial charge in [0, 0.05) is 0 Å². The van der Waals surface area contributed by atoms with Crippen LogP contribution in [0.15, 0.2) is 0 Å². The molecule has 0 unspecified atom stereocenters. The zero-order valence-electron chi connectivity index (χ0n) is 6.77. The summed E-state index contributed by atoms with van der Waals surface area (Å²) in [7, 11) is -2.31. The summed E-state index contributed by atoms with van der Waals surface area (Å²) < 4.78 is 25.0. The van der Waals surface area contributed by atoms with Gasteiger partial charge < -0.3 is 0 Å². The first kappa shape index (κ1) is 11.3. The zero-order chi connectivity index (χ0) is 9.61. The van der Waals surface area contributed by atoms with E-state index in [-0.39, 0.29) is 13.0 Å². The third-order valence-corrected chi connectivity index (χ3v) is 1.37. The first-order chi connectivity index (χ1) is 5.45. The van der Waals surface area contributed by atoms with Gasteiger partial charge in [-0.1, -0.05) is 0 Å². The molecule has 0 radical (unpaired) electrons. The van der Waals surface area contributed by atoms with Crippen LogP contribution in [0.3, 0.4) is 0 Å². The van der Waals surface area contributed by atoms with Gasteiger partial charge in [0.05, 0.1) is 26.4 Å². The molecule has 0 N–H and O–H groups in total. The zero-order valence-corrected chi connectivity index (χ0v) is 7.59. The standard InChI is InChI=1S/C5H10O6S/c1-9-11-5(6)3-4-10-12(2,7)8/h3-4H2,1-2H3. The summed E-state index contributed by atoms with van der Waals surface area (Å²) in [6, 6.07) is 0. The van der Waals surface area contributed by atoms with Gasteiger partial charge in [-0.05, 0) is 0 Å². The van der Waals surface area contributed by atoms with E-state index >= 15 is 0 Å². The van der Waals surface area contributed by atoms with E-state index in [1.54, 1.807) is 0 Å². The molecule has 0 aliphatic carbocycles. The van der Waals surface area contributed by atoms with Crippen molar-refractivity contribution in [2.75, 3.05) is 20.0 Å². The second kappa shape index (κ2) is 5.07. The molecule has 0 rings (SSSR count). The maximum Gasteiger partial charge on any atom is 0.344 e. The normalized spacial score (nSPS) is 11.2. The minimum Gasteiger partial charge on any atom is -0.299 e. The van der Waals surface area contributed by atoms with Crippen molar-refractivity contribution in [3.05, 3.63) is 0 Å². The van der Waals surface area contributed by atoms with Crippen LogP contribution < -0.4 is 0 Å². The van der Waals surface area contributed by atoms with Crippen LogP contribution in [0.1, 0.15) is 6.42 Å². The van der Waals surface area contributed by atoms with Crippen LogP contribution in [0, 0.1) is 0 Å². The van der Waals surface area contributed by atoms with Crippen molar-refractivity contribution in [1.82, 2.24) is 0 Å². The van der Waals surface area contributed by atoms with Gasteiger partial charge in [-0.15, -0.1) is 0 Å². The predicted octanol–water partition coefficient (Wildman–Crippen LogP) is -0.543. The molecule has 0 aromatic carbocycles. The lowest BCUT2D eigenvalue weighted by Crippen LogP contribution is -2.10. The Morgan fingerprint density at radius 2 is 2.00 bits per heavy atom. The van der Waals surface area contributed by atoms with Gasteiger partial charge >= 0.3 is 5.97 Å². The van der Waals surface area contributed by atoms with Gasteiger partial charge in [-0.3, -0.25) is 9.07 Å². The lowest BCUT2D eigenvalue weighted by Gasteiger charge is -1.99. The Morgan fingerprint density at radius 3 is 2.42 bits per heavy atom. The number of hydrogen-bond donors (Lipinski definition) is 0. The average Bonchev–Trinajstić information content (AvgIpc) is 1.84. The highest BCUT2D eigenvalue weighted by Crippen LogP contribution is 1.92. The molecule has 0 amide bonds. The smallest absolute Gasteiger partial charge is 0.299 e. The predicted molar refractivity (Wildman–Crippen MR) is 38.5 cm³/mol. The molecule has 0 aromatic heterocycles. The molecule has 0 atom stereocenters. The molecule has 0 fully saturated rings. The highest BCUT2D eigenvalue weighted by molar-refractivity contribution is 7.85. The highest BCUT2D eigenvalue weighted by Gasteiger charge is 2.06. The van der Waals surface area contributed by atoms with Crippen LogP contribution in [0.2, 0.25) is 0 Å². The molecule has 0 bridgehead atoms. The van der Waals surface area contributed by atoms with Crippen LogP contribution in [0.4, 0.5) is 0 Å². The molecule has 0 aliphatic heterocycles. The lowest BCUT2D eigenvalue weighted by molar-refractivity contribution is -0.255. The number of carbonyl (C=O) groups excluding carboxylic acids is 1. The first-order valence-corrected chi connectivity index (χ1v) is 4.85. The molecule has 0 aromatic rings. The van der Waals surface area contributed by atoms with Crippen molar-refractivity contribution in [3.8, 4) is 0 Å². The van der Waals surface area contributed by atoms with Gasteiger partial charge in [-0.25, -0.2) is 4.79 Å². The van der Waals surface area contributed by atoms with Crippen molar-refractivity contribution in [2.45, 2.75) is 6.42 Å². The summed E-state index contributed by atoms with van der Waals surface area (Å²) in [4.78, 5) is 18.6. The van der Waals surface area contributed by atoms with Gasteiger partial charge in [0.2, 0.25) is 0 Å². The molecule has 0 aliphatic rings. The van der Waals surface area contributed by atoms with Crippen LogP contribution >= 0.6 is 0 Å². The molecule has 0 saturated heterocycles. The summed E-state index contributed by atoms with van der Waals surface area (Å²) >= 11 is 0. The third kappa shape index (κ3) is 7.45. The van der Waals surface area contributed by atoms with E-state index in [2.05, 4.69) is 14.0 Å². The van der Waals surface area contributed by atoms with Crippen molar-refractivity contribution >= 4 is 16.1 Å². The van der Waals surface area contributed by atoms with Crippen molar-refractivity contribution in [1.29, 1.82) is 0 Å². The molecule has 0 heterocycles. The van der Waals surface area contributed by atoms with Gasteiger partial charge in [-0.2, -0.15) is 13.3 Å². The van der Waals surface area contributed by atoms with Crippen molar-refractivity contribution in [3.63, 3.8) is 0 Å². The second-order valence-electron chi connectivity index (χ2n) is 1.90. The van der Waals surface area contributed by atoms with E-state index in [9.17, 15) is 13.2 Å². The maximum absolute atomic E-state index is 10.5. The van der Waals surface area contributed by atoms with E-state index in [4.69, 9.17) is 0 Å². The van der Waals surface area contributed by atoms with E-state index in [0.717, 1.165) is 6.26 Å². The second-order valence-corrected chi connectivity index (χ2v) is 3.54. The van der Waals surface area contributed by atoms with Crippen molar-refractivity contribution < 1.29 is 27.2 Å². The number of rotatable bonds is 5. The Hall–Kier alpha value is -0.660. The van der Waals surface area contributed by atoms with Crippen molar-refractivity contribution in [2.24, 2.45) is 0 Å². The summed E-state index contributed by atoms with van der Waals surface area (Å²) in [6.45, 7) is -0.235.